The zero-order valence-corrected chi connectivity index (χ0v) is 15.7. The molecule has 1 saturated carbocycles. The van der Waals surface area contributed by atoms with Crippen molar-refractivity contribution < 1.29 is 15.3 Å². The van der Waals surface area contributed by atoms with Crippen molar-refractivity contribution in [3.8, 4) is 0 Å². The Hall–Kier alpha value is -0.120. The van der Waals surface area contributed by atoms with Gasteiger partial charge in [-0.05, 0) is 0 Å². The van der Waals surface area contributed by atoms with Crippen molar-refractivity contribution >= 4 is 0 Å². The van der Waals surface area contributed by atoms with E-state index in [0.717, 1.165) is 21.3 Å². The second-order valence-electron chi connectivity index (χ2n) is 5.66. The lowest BCUT2D eigenvalue weighted by Crippen LogP contribution is -1.85. The smallest absolute Gasteiger partial charge is 0.0319 e. The lowest BCUT2D eigenvalue weighted by atomic mass is 10.0. The maximum absolute atomic E-state index is 7.00. The van der Waals surface area contributed by atoms with Gasteiger partial charge >= 0.3 is 0 Å². The van der Waals surface area contributed by atoms with Gasteiger partial charge in [-0.1, -0.05) is 103 Å². The van der Waals surface area contributed by atoms with Gasteiger partial charge in [0.05, 0.1) is 0 Å². The van der Waals surface area contributed by atoms with E-state index in [4.69, 9.17) is 15.3 Å². The third-order valence-corrected chi connectivity index (χ3v) is 4.00. The minimum Gasteiger partial charge on any atom is -0.400 e. The Bertz CT molecular complexity index is 76.6. The SMILES string of the molecule is C1CCCCCCCCCCCCCCC1.CO.CO.CO. The molecule has 0 spiro atoms. The fourth-order valence-corrected chi connectivity index (χ4v) is 2.83. The van der Waals surface area contributed by atoms with Gasteiger partial charge in [-0.2, -0.15) is 0 Å². The highest BCUT2D eigenvalue weighted by atomic mass is 16.2. The molecule has 0 unspecified atom stereocenters. The van der Waals surface area contributed by atoms with E-state index >= 15 is 0 Å². The maximum atomic E-state index is 7.00. The van der Waals surface area contributed by atoms with Crippen LogP contribution in [0, 0.1) is 0 Å². The molecule has 1 aliphatic rings. The van der Waals surface area contributed by atoms with Crippen LogP contribution in [0.2, 0.25) is 0 Å². The maximum Gasteiger partial charge on any atom is 0.0319 e. The highest BCUT2D eigenvalue weighted by molar-refractivity contribution is 4.52. The molecule has 0 saturated heterocycles. The Kier molecular flexibility index (Phi) is 39.8. The molecule has 138 valence electrons. The summed E-state index contributed by atoms with van der Waals surface area (Å²) in [6.07, 6.45) is 24.0. The third-order valence-electron chi connectivity index (χ3n) is 4.00. The van der Waals surface area contributed by atoms with Crippen molar-refractivity contribution in [3.63, 3.8) is 0 Å². The Morgan fingerprint density at radius 3 is 0.318 bits per heavy atom. The number of hydrogen-bond donors (Lipinski definition) is 3. The van der Waals surface area contributed by atoms with Crippen molar-refractivity contribution in [2.24, 2.45) is 0 Å². The summed E-state index contributed by atoms with van der Waals surface area (Å²) in [5, 5.41) is 21.0. The summed E-state index contributed by atoms with van der Waals surface area (Å²) in [5.41, 5.74) is 0. The van der Waals surface area contributed by atoms with E-state index in [0.29, 0.717) is 0 Å². The fraction of sp³-hybridized carbons (Fsp3) is 1.00. The monoisotopic (exact) mass is 320 g/mol. The van der Waals surface area contributed by atoms with E-state index in [2.05, 4.69) is 0 Å². The molecule has 0 radical (unpaired) electrons. The van der Waals surface area contributed by atoms with Crippen LogP contribution in [-0.2, 0) is 0 Å². The van der Waals surface area contributed by atoms with Gasteiger partial charge in [0.1, 0.15) is 0 Å². The van der Waals surface area contributed by atoms with E-state index in [1.165, 1.54) is 103 Å². The summed E-state index contributed by atoms with van der Waals surface area (Å²) in [5.74, 6) is 0. The summed E-state index contributed by atoms with van der Waals surface area (Å²) < 4.78 is 0. The first-order valence-corrected chi connectivity index (χ1v) is 9.34. The highest BCUT2D eigenvalue weighted by Gasteiger charge is 1.96. The minimum atomic E-state index is 1.00. The number of aliphatic hydroxyl groups excluding tert-OH is 3. The van der Waals surface area contributed by atoms with Gasteiger partial charge in [-0.15, -0.1) is 0 Å². The standard InChI is InChI=1S/C16H32.3CH4O/c1-2-4-6-8-10-12-14-16-15-13-11-9-7-5-3-1;3*1-2/h1-16H2;3*2H,1H3. The molecule has 3 N–H and O–H groups in total. The first-order chi connectivity index (χ1) is 11.0. The number of hydrogen-bond acceptors (Lipinski definition) is 3. The van der Waals surface area contributed by atoms with Crippen LogP contribution in [0.3, 0.4) is 0 Å². The summed E-state index contributed by atoms with van der Waals surface area (Å²) in [6.45, 7) is 0. The van der Waals surface area contributed by atoms with E-state index in [-0.39, 0.29) is 0 Å². The van der Waals surface area contributed by atoms with Gasteiger partial charge in [0.15, 0.2) is 0 Å². The molecular weight excluding hydrogens is 276 g/mol. The molecule has 3 nitrogen and oxygen atoms in total. The molecule has 1 fully saturated rings. The van der Waals surface area contributed by atoms with Crippen LogP contribution in [0.1, 0.15) is 103 Å². The molecule has 3 heteroatoms. The molecule has 22 heavy (non-hydrogen) atoms. The molecule has 0 aromatic rings. The van der Waals surface area contributed by atoms with Gasteiger partial charge in [0, 0.05) is 21.3 Å². The minimum absolute atomic E-state index is 1.00. The Balaban J connectivity index is -0.000000535. The van der Waals surface area contributed by atoms with E-state index in [9.17, 15) is 0 Å². The molecule has 0 bridgehead atoms. The van der Waals surface area contributed by atoms with Crippen LogP contribution in [0.25, 0.3) is 0 Å². The van der Waals surface area contributed by atoms with Crippen LogP contribution in [0.4, 0.5) is 0 Å². The number of aliphatic hydroxyl groups is 3. The molecule has 0 aromatic carbocycles. The predicted molar refractivity (Wildman–Crippen MR) is 98.3 cm³/mol. The van der Waals surface area contributed by atoms with Crippen molar-refractivity contribution in [1.82, 2.24) is 0 Å². The highest BCUT2D eigenvalue weighted by Crippen LogP contribution is 2.16. The van der Waals surface area contributed by atoms with Gasteiger partial charge < -0.3 is 15.3 Å². The second-order valence-corrected chi connectivity index (χ2v) is 5.66. The van der Waals surface area contributed by atoms with Crippen LogP contribution in [0.15, 0.2) is 0 Å². The Morgan fingerprint density at radius 2 is 0.273 bits per heavy atom. The first-order valence-electron chi connectivity index (χ1n) is 9.34. The molecule has 0 aromatic heterocycles. The molecular formula is C19H44O3. The average Bonchev–Trinajstić information content (AvgIpc) is 2.60. The average molecular weight is 321 g/mol. The summed E-state index contributed by atoms with van der Waals surface area (Å²) in [6, 6.07) is 0. The Labute approximate surface area is 140 Å². The van der Waals surface area contributed by atoms with E-state index < -0.39 is 0 Å². The normalized spacial score (nSPS) is 18.3. The summed E-state index contributed by atoms with van der Waals surface area (Å²) in [7, 11) is 3.00. The predicted octanol–water partition coefficient (Wildman–Crippen LogP) is 5.07. The van der Waals surface area contributed by atoms with Crippen molar-refractivity contribution in [2.45, 2.75) is 103 Å². The quantitative estimate of drug-likeness (QED) is 0.584. The van der Waals surface area contributed by atoms with E-state index in [1.807, 2.05) is 0 Å². The topological polar surface area (TPSA) is 60.7 Å². The van der Waals surface area contributed by atoms with E-state index in [1.54, 1.807) is 0 Å². The zero-order chi connectivity index (χ0) is 17.3. The zero-order valence-electron chi connectivity index (χ0n) is 15.7. The van der Waals surface area contributed by atoms with Crippen molar-refractivity contribution in [2.75, 3.05) is 21.3 Å². The van der Waals surface area contributed by atoms with Crippen LogP contribution >= 0.6 is 0 Å². The summed E-state index contributed by atoms with van der Waals surface area (Å²) in [4.78, 5) is 0. The molecule has 0 aliphatic heterocycles. The molecule has 1 aliphatic carbocycles. The van der Waals surface area contributed by atoms with Crippen LogP contribution < -0.4 is 0 Å². The molecule has 0 heterocycles. The lowest BCUT2D eigenvalue weighted by Gasteiger charge is -2.05. The second kappa shape index (κ2) is 32.7. The molecule has 0 atom stereocenters. The third kappa shape index (κ3) is 28.1. The molecule has 1 rings (SSSR count). The van der Waals surface area contributed by atoms with Crippen LogP contribution in [0.5, 0.6) is 0 Å². The van der Waals surface area contributed by atoms with Crippen molar-refractivity contribution in [1.29, 1.82) is 0 Å². The molecule has 0 amide bonds. The van der Waals surface area contributed by atoms with Crippen molar-refractivity contribution in [3.05, 3.63) is 0 Å². The largest absolute Gasteiger partial charge is 0.400 e. The lowest BCUT2D eigenvalue weighted by molar-refractivity contribution is 0.399. The van der Waals surface area contributed by atoms with Gasteiger partial charge in [0.25, 0.3) is 0 Å². The van der Waals surface area contributed by atoms with Gasteiger partial charge in [-0.3, -0.25) is 0 Å². The fourth-order valence-electron chi connectivity index (χ4n) is 2.83. The van der Waals surface area contributed by atoms with Gasteiger partial charge in [0.2, 0.25) is 0 Å². The summed E-state index contributed by atoms with van der Waals surface area (Å²) >= 11 is 0. The van der Waals surface area contributed by atoms with Gasteiger partial charge in [-0.25, -0.2) is 0 Å². The Morgan fingerprint density at radius 1 is 0.227 bits per heavy atom. The van der Waals surface area contributed by atoms with Crippen LogP contribution in [-0.4, -0.2) is 36.6 Å². The first kappa shape index (κ1) is 26.8. The number of rotatable bonds is 0.